The van der Waals surface area contributed by atoms with Gasteiger partial charge in [0, 0.05) is 19.7 Å². The average molecular weight is 221 g/mol. The quantitative estimate of drug-likeness (QED) is 0.678. The third kappa shape index (κ3) is 2.59. The summed E-state index contributed by atoms with van der Waals surface area (Å²) in [4.78, 5) is 13.7. The van der Waals surface area contributed by atoms with E-state index in [4.69, 9.17) is 4.74 Å². The van der Waals surface area contributed by atoms with Crippen LogP contribution in [0.3, 0.4) is 0 Å². The summed E-state index contributed by atoms with van der Waals surface area (Å²) in [5.74, 6) is 0.261. The molecule has 2 aliphatic heterocycles. The van der Waals surface area contributed by atoms with Crippen LogP contribution in [0, 0.1) is 0 Å². The van der Waals surface area contributed by atoms with Gasteiger partial charge in [-0.25, -0.2) is 0 Å². The van der Waals surface area contributed by atoms with Crippen LogP contribution in [-0.2, 0) is 9.53 Å². The largest absolute Gasteiger partial charge is 0.380 e. The maximum atomic E-state index is 11.7. The molecule has 0 radical (unpaired) electrons. The summed E-state index contributed by atoms with van der Waals surface area (Å²) in [6.07, 6.45) is 1.97. The van der Waals surface area contributed by atoms with Gasteiger partial charge in [0.2, 0.25) is 5.91 Å². The number of nitrogens with one attached hydrogen (secondary N) is 1. The van der Waals surface area contributed by atoms with Gasteiger partial charge in [0.15, 0.2) is 0 Å². The molecular weight excluding hydrogens is 204 g/mol. The maximum Gasteiger partial charge on any atom is 0.239 e. The van der Waals surface area contributed by atoms with Crippen LogP contribution < -0.4 is 5.32 Å². The Labute approximate surface area is 90.4 Å². The number of hydrogen-bond acceptors (Lipinski definition) is 3. The molecule has 1 amide bonds. The lowest BCUT2D eigenvalue weighted by Gasteiger charge is -2.31. The molecule has 2 aliphatic rings. The third-order valence-electron chi connectivity index (χ3n) is 2.66. The predicted octanol–water partition coefficient (Wildman–Crippen LogP) is 0.0190. The van der Waals surface area contributed by atoms with E-state index in [1.165, 1.54) is 0 Å². The minimum atomic E-state index is 0. The lowest BCUT2D eigenvalue weighted by Crippen LogP contribution is -2.54. The van der Waals surface area contributed by atoms with Crippen molar-refractivity contribution in [2.75, 3.05) is 32.8 Å². The van der Waals surface area contributed by atoms with Crippen molar-refractivity contribution in [3.63, 3.8) is 0 Å². The van der Waals surface area contributed by atoms with Gasteiger partial charge >= 0.3 is 0 Å². The molecule has 1 atom stereocenters. The summed E-state index contributed by atoms with van der Waals surface area (Å²) in [5.41, 5.74) is 0. The van der Waals surface area contributed by atoms with Gasteiger partial charge in [0.25, 0.3) is 0 Å². The van der Waals surface area contributed by atoms with Gasteiger partial charge in [-0.2, -0.15) is 0 Å². The highest BCUT2D eigenvalue weighted by Gasteiger charge is 2.28. The minimum absolute atomic E-state index is 0. The number of rotatable bonds is 1. The number of nitrogens with zero attached hydrogens (tertiary/aromatic N) is 1. The highest BCUT2D eigenvalue weighted by Crippen LogP contribution is 2.08. The first-order chi connectivity index (χ1) is 6.38. The Morgan fingerprint density at radius 1 is 1.36 bits per heavy atom. The van der Waals surface area contributed by atoms with Crippen molar-refractivity contribution in [2.24, 2.45) is 0 Å². The van der Waals surface area contributed by atoms with Crippen molar-refractivity contribution < 1.29 is 9.53 Å². The van der Waals surface area contributed by atoms with E-state index in [-0.39, 0.29) is 24.4 Å². The molecule has 0 spiro atoms. The number of amides is 1. The van der Waals surface area contributed by atoms with Gasteiger partial charge in [0.1, 0.15) is 0 Å². The zero-order valence-corrected chi connectivity index (χ0v) is 9.02. The Balaban J connectivity index is 0.000000980. The molecule has 2 heterocycles. The van der Waals surface area contributed by atoms with Crippen molar-refractivity contribution in [3.8, 4) is 0 Å². The van der Waals surface area contributed by atoms with E-state index in [0.717, 1.165) is 39.1 Å². The zero-order valence-electron chi connectivity index (χ0n) is 8.20. The molecule has 82 valence electrons. The van der Waals surface area contributed by atoms with Crippen LogP contribution in [-0.4, -0.2) is 49.7 Å². The number of hydrogen-bond donors (Lipinski definition) is 1. The maximum absolute atomic E-state index is 11.7. The van der Waals surface area contributed by atoms with E-state index in [0.29, 0.717) is 6.61 Å². The fraction of sp³-hybridized carbons (Fsp3) is 0.889. The van der Waals surface area contributed by atoms with Crippen molar-refractivity contribution in [1.29, 1.82) is 0 Å². The molecule has 0 aromatic heterocycles. The summed E-state index contributed by atoms with van der Waals surface area (Å²) in [5, 5.41) is 3.13. The molecule has 0 aliphatic carbocycles. The van der Waals surface area contributed by atoms with Crippen LogP contribution >= 0.6 is 12.4 Å². The molecule has 1 N–H and O–H groups in total. The van der Waals surface area contributed by atoms with Crippen molar-refractivity contribution >= 4 is 18.3 Å². The molecule has 0 bridgehead atoms. The number of halogens is 1. The highest BCUT2D eigenvalue weighted by atomic mass is 35.5. The van der Waals surface area contributed by atoms with Crippen LogP contribution in [0.1, 0.15) is 12.8 Å². The first-order valence-corrected chi connectivity index (χ1v) is 4.98. The molecule has 0 unspecified atom stereocenters. The Morgan fingerprint density at radius 2 is 2.14 bits per heavy atom. The molecule has 14 heavy (non-hydrogen) atoms. The van der Waals surface area contributed by atoms with Crippen LogP contribution in [0.2, 0.25) is 0 Å². The Hall–Kier alpha value is -0.320. The van der Waals surface area contributed by atoms with Crippen LogP contribution in [0.15, 0.2) is 0 Å². The molecule has 4 nitrogen and oxygen atoms in total. The zero-order chi connectivity index (χ0) is 9.10. The second-order valence-electron chi connectivity index (χ2n) is 3.59. The monoisotopic (exact) mass is 220 g/mol. The Morgan fingerprint density at radius 3 is 2.79 bits per heavy atom. The summed E-state index contributed by atoms with van der Waals surface area (Å²) < 4.78 is 5.29. The van der Waals surface area contributed by atoms with Crippen molar-refractivity contribution in [3.05, 3.63) is 0 Å². The topological polar surface area (TPSA) is 41.6 Å². The smallest absolute Gasteiger partial charge is 0.239 e. The molecule has 2 saturated heterocycles. The van der Waals surface area contributed by atoms with Crippen LogP contribution in [0.5, 0.6) is 0 Å². The van der Waals surface area contributed by atoms with E-state index in [9.17, 15) is 4.79 Å². The molecule has 0 saturated carbocycles. The van der Waals surface area contributed by atoms with Gasteiger partial charge in [0.05, 0.1) is 12.6 Å². The number of carbonyl (C=O) groups is 1. The van der Waals surface area contributed by atoms with E-state index in [2.05, 4.69) is 5.32 Å². The van der Waals surface area contributed by atoms with Crippen LogP contribution in [0.4, 0.5) is 0 Å². The third-order valence-corrected chi connectivity index (χ3v) is 2.66. The molecule has 5 heteroatoms. The second-order valence-corrected chi connectivity index (χ2v) is 3.59. The molecule has 2 rings (SSSR count). The lowest BCUT2D eigenvalue weighted by atomic mass is 10.1. The normalized spacial score (nSPS) is 27.1. The second kappa shape index (κ2) is 5.53. The number of ether oxygens (including phenoxy) is 1. The Kier molecular flexibility index (Phi) is 4.65. The van der Waals surface area contributed by atoms with Gasteiger partial charge in [-0.15, -0.1) is 12.4 Å². The molecular formula is C9H17ClN2O2. The van der Waals surface area contributed by atoms with Crippen LogP contribution in [0.25, 0.3) is 0 Å². The summed E-state index contributed by atoms with van der Waals surface area (Å²) in [7, 11) is 0. The van der Waals surface area contributed by atoms with Gasteiger partial charge in [-0.1, -0.05) is 0 Å². The first-order valence-electron chi connectivity index (χ1n) is 4.98. The predicted molar refractivity (Wildman–Crippen MR) is 55.7 cm³/mol. The fourth-order valence-electron chi connectivity index (χ4n) is 1.69. The summed E-state index contributed by atoms with van der Waals surface area (Å²) in [6, 6.07) is 0.0955. The Bertz CT molecular complexity index is 189. The first kappa shape index (κ1) is 11.8. The van der Waals surface area contributed by atoms with E-state index < -0.39 is 0 Å². The summed E-state index contributed by atoms with van der Waals surface area (Å²) in [6.45, 7) is 4.09. The van der Waals surface area contributed by atoms with E-state index in [1.54, 1.807) is 0 Å². The SMILES string of the molecule is Cl.O=C([C@H]1CCN1)N1CCCOCC1. The lowest BCUT2D eigenvalue weighted by molar-refractivity contribution is -0.135. The summed E-state index contributed by atoms with van der Waals surface area (Å²) >= 11 is 0. The standard InChI is InChI=1S/C9H16N2O2.ClH/c12-9(8-2-3-10-8)11-4-1-6-13-7-5-11;/h8,10H,1-7H2;1H/t8-;/m1./s1. The van der Waals surface area contributed by atoms with Crippen molar-refractivity contribution in [1.82, 2.24) is 10.2 Å². The highest BCUT2D eigenvalue weighted by molar-refractivity contribution is 5.85. The fourth-order valence-corrected chi connectivity index (χ4v) is 1.69. The average Bonchev–Trinajstić information content (AvgIpc) is 2.27. The molecule has 2 fully saturated rings. The van der Waals surface area contributed by atoms with E-state index in [1.807, 2.05) is 4.90 Å². The minimum Gasteiger partial charge on any atom is -0.380 e. The van der Waals surface area contributed by atoms with Gasteiger partial charge < -0.3 is 15.0 Å². The van der Waals surface area contributed by atoms with E-state index >= 15 is 0 Å². The van der Waals surface area contributed by atoms with Gasteiger partial charge in [-0.05, 0) is 19.4 Å². The van der Waals surface area contributed by atoms with Crippen molar-refractivity contribution in [2.45, 2.75) is 18.9 Å². The molecule has 0 aromatic rings. The van der Waals surface area contributed by atoms with Gasteiger partial charge in [-0.3, -0.25) is 4.79 Å². The number of carbonyl (C=O) groups excluding carboxylic acids is 1. The molecule has 0 aromatic carbocycles.